The lowest BCUT2D eigenvalue weighted by Gasteiger charge is -2.20. The molecule has 0 bridgehead atoms. The number of carbonyl (C=O) groups is 2. The van der Waals surface area contributed by atoms with Gasteiger partial charge in [0, 0.05) is 19.6 Å². The normalized spacial score (nSPS) is 11.6. The molecule has 0 aliphatic heterocycles. The first-order chi connectivity index (χ1) is 16.1. The Labute approximate surface area is 202 Å². The minimum atomic E-state index is -1.02. The second-order valence-corrected chi connectivity index (χ2v) is 8.80. The van der Waals surface area contributed by atoms with Gasteiger partial charge in [-0.2, -0.15) is 0 Å². The van der Waals surface area contributed by atoms with Crippen molar-refractivity contribution >= 4 is 11.9 Å². The molecule has 0 spiro atoms. The fourth-order valence-electron chi connectivity index (χ4n) is 3.67. The highest BCUT2D eigenvalue weighted by Crippen LogP contribution is 2.09. The highest BCUT2D eigenvalue weighted by Gasteiger charge is 2.09. The summed E-state index contributed by atoms with van der Waals surface area (Å²) < 4.78 is 4.99. The molecule has 0 aromatic rings. The fourth-order valence-corrected chi connectivity index (χ4v) is 3.67. The third-order valence-corrected chi connectivity index (χ3v) is 5.61. The van der Waals surface area contributed by atoms with Crippen LogP contribution < -0.4 is 5.32 Å². The van der Waals surface area contributed by atoms with Crippen molar-refractivity contribution in [3.05, 3.63) is 12.2 Å². The lowest BCUT2D eigenvalue weighted by Crippen LogP contribution is -2.38. The van der Waals surface area contributed by atoms with Gasteiger partial charge in [0.05, 0.1) is 13.2 Å². The van der Waals surface area contributed by atoms with Crippen molar-refractivity contribution < 1.29 is 24.5 Å². The topological polar surface area (TPSA) is 99.1 Å². The molecular weight excluding hydrogens is 420 g/mol. The van der Waals surface area contributed by atoms with Crippen molar-refractivity contribution in [1.29, 1.82) is 0 Å². The first-order valence-electron chi connectivity index (χ1n) is 13.2. The van der Waals surface area contributed by atoms with Crippen LogP contribution in [-0.4, -0.2) is 73.0 Å². The van der Waals surface area contributed by atoms with E-state index in [0.29, 0.717) is 13.1 Å². The average Bonchev–Trinajstić information content (AvgIpc) is 2.77. The summed E-state index contributed by atoms with van der Waals surface area (Å²) in [7, 11) is 0. The number of rotatable bonds is 26. The van der Waals surface area contributed by atoms with E-state index in [0.717, 1.165) is 19.5 Å². The van der Waals surface area contributed by atoms with Gasteiger partial charge in [0.25, 0.3) is 0 Å². The standard InChI is InChI=1S/C26H50N2O5/c1-2-3-4-5-6-7-8-9-10-11-12-13-14-15-16-17-18-27-19-20-28(23-25(29)30)21-22-33-24-26(31)32/h9-10,27H,2-8,11-24H2,1H3,(H,29,30)(H,31,32)/b10-9-. The Morgan fingerprint density at radius 3 is 1.91 bits per heavy atom. The van der Waals surface area contributed by atoms with Gasteiger partial charge in [0.15, 0.2) is 0 Å². The van der Waals surface area contributed by atoms with Crippen LogP contribution in [0.15, 0.2) is 12.2 Å². The number of nitrogens with zero attached hydrogens (tertiary/aromatic N) is 1. The summed E-state index contributed by atoms with van der Waals surface area (Å²) in [6.07, 6.45) is 22.9. The molecule has 0 aliphatic rings. The molecule has 194 valence electrons. The summed E-state index contributed by atoms with van der Waals surface area (Å²) in [5.41, 5.74) is 0. The maximum absolute atomic E-state index is 11.0. The Kier molecular flexibility index (Phi) is 24.1. The fraction of sp³-hybridized carbons (Fsp3) is 0.846. The lowest BCUT2D eigenvalue weighted by molar-refractivity contribution is -0.143. The number of nitrogens with one attached hydrogen (secondary N) is 1. The van der Waals surface area contributed by atoms with E-state index < -0.39 is 11.9 Å². The first-order valence-corrected chi connectivity index (χ1v) is 13.2. The summed E-state index contributed by atoms with van der Waals surface area (Å²) in [6.45, 7) is 4.74. The molecule has 0 heterocycles. The number of ether oxygens (including phenoxy) is 1. The van der Waals surface area contributed by atoms with Crippen LogP contribution >= 0.6 is 0 Å². The Bertz CT molecular complexity index is 485. The Balaban J connectivity index is 3.44. The third-order valence-electron chi connectivity index (χ3n) is 5.61. The van der Waals surface area contributed by atoms with Crippen molar-refractivity contribution in [1.82, 2.24) is 10.2 Å². The van der Waals surface area contributed by atoms with Crippen molar-refractivity contribution in [3.63, 3.8) is 0 Å². The maximum Gasteiger partial charge on any atom is 0.329 e. The second kappa shape index (κ2) is 25.2. The highest BCUT2D eigenvalue weighted by atomic mass is 16.5. The van der Waals surface area contributed by atoms with E-state index in [-0.39, 0.29) is 19.8 Å². The molecule has 0 atom stereocenters. The molecule has 33 heavy (non-hydrogen) atoms. The number of carboxylic acid groups (broad SMARTS) is 2. The van der Waals surface area contributed by atoms with Gasteiger partial charge in [0.2, 0.25) is 0 Å². The molecule has 0 saturated carbocycles. The summed E-state index contributed by atoms with van der Waals surface area (Å²) in [5, 5.41) is 20.9. The van der Waals surface area contributed by atoms with E-state index in [1.165, 1.54) is 83.5 Å². The molecule has 0 amide bonds. The molecule has 0 saturated heterocycles. The van der Waals surface area contributed by atoms with Gasteiger partial charge in [0.1, 0.15) is 6.61 Å². The molecule has 0 unspecified atom stereocenters. The number of aliphatic carboxylic acids is 2. The molecular formula is C26H50N2O5. The summed E-state index contributed by atoms with van der Waals surface area (Å²) >= 11 is 0. The van der Waals surface area contributed by atoms with Crippen LogP contribution in [0.25, 0.3) is 0 Å². The van der Waals surface area contributed by atoms with Crippen LogP contribution in [-0.2, 0) is 14.3 Å². The molecule has 0 aromatic carbocycles. The van der Waals surface area contributed by atoms with E-state index in [2.05, 4.69) is 24.4 Å². The third kappa shape index (κ3) is 26.7. The van der Waals surface area contributed by atoms with Crippen LogP contribution in [0.4, 0.5) is 0 Å². The zero-order chi connectivity index (χ0) is 24.4. The van der Waals surface area contributed by atoms with Crippen LogP contribution in [0.2, 0.25) is 0 Å². The molecule has 3 N–H and O–H groups in total. The lowest BCUT2D eigenvalue weighted by atomic mass is 10.1. The molecule has 0 radical (unpaired) electrons. The minimum absolute atomic E-state index is 0.0631. The summed E-state index contributed by atoms with van der Waals surface area (Å²) in [4.78, 5) is 23.2. The largest absolute Gasteiger partial charge is 0.480 e. The zero-order valence-electron chi connectivity index (χ0n) is 21.1. The van der Waals surface area contributed by atoms with Crippen LogP contribution in [0, 0.1) is 0 Å². The van der Waals surface area contributed by atoms with Crippen molar-refractivity contribution in [2.75, 3.05) is 45.9 Å². The van der Waals surface area contributed by atoms with Crippen LogP contribution in [0.1, 0.15) is 96.8 Å². The average molecular weight is 471 g/mol. The Hall–Kier alpha value is -1.44. The monoisotopic (exact) mass is 470 g/mol. The molecule has 7 heteroatoms. The number of unbranched alkanes of at least 4 members (excludes halogenated alkanes) is 12. The molecule has 0 rings (SSSR count). The number of hydrogen-bond donors (Lipinski definition) is 3. The zero-order valence-corrected chi connectivity index (χ0v) is 21.1. The van der Waals surface area contributed by atoms with Gasteiger partial charge in [-0.25, -0.2) is 4.79 Å². The molecule has 0 aromatic heterocycles. The SMILES string of the molecule is CCCCCCCC/C=C\CCCCCCCCNCCN(CCOCC(=O)O)CC(=O)O. The Morgan fingerprint density at radius 2 is 1.33 bits per heavy atom. The first kappa shape index (κ1) is 31.6. The number of allylic oxidation sites excluding steroid dienone is 2. The number of hydrogen-bond acceptors (Lipinski definition) is 5. The van der Waals surface area contributed by atoms with Gasteiger partial charge >= 0.3 is 11.9 Å². The Morgan fingerprint density at radius 1 is 0.758 bits per heavy atom. The summed E-state index contributed by atoms with van der Waals surface area (Å²) in [5.74, 6) is -1.90. The van der Waals surface area contributed by atoms with Crippen molar-refractivity contribution in [2.45, 2.75) is 96.8 Å². The van der Waals surface area contributed by atoms with E-state index >= 15 is 0 Å². The van der Waals surface area contributed by atoms with E-state index in [1.807, 2.05) is 0 Å². The van der Waals surface area contributed by atoms with Crippen LogP contribution in [0.3, 0.4) is 0 Å². The molecule has 0 aliphatic carbocycles. The van der Waals surface area contributed by atoms with Gasteiger partial charge in [-0.05, 0) is 38.6 Å². The van der Waals surface area contributed by atoms with Gasteiger partial charge in [-0.1, -0.05) is 76.9 Å². The summed E-state index contributed by atoms with van der Waals surface area (Å²) in [6, 6.07) is 0. The van der Waals surface area contributed by atoms with Gasteiger partial charge in [-0.3, -0.25) is 9.69 Å². The molecule has 7 nitrogen and oxygen atoms in total. The van der Waals surface area contributed by atoms with Crippen LogP contribution in [0.5, 0.6) is 0 Å². The smallest absolute Gasteiger partial charge is 0.329 e. The predicted octanol–water partition coefficient (Wildman–Crippen LogP) is 5.10. The second-order valence-electron chi connectivity index (χ2n) is 8.80. The van der Waals surface area contributed by atoms with Crippen molar-refractivity contribution in [3.8, 4) is 0 Å². The minimum Gasteiger partial charge on any atom is -0.480 e. The number of carboxylic acids is 2. The van der Waals surface area contributed by atoms with Crippen molar-refractivity contribution in [2.24, 2.45) is 0 Å². The predicted molar refractivity (Wildman–Crippen MR) is 135 cm³/mol. The van der Waals surface area contributed by atoms with E-state index in [9.17, 15) is 9.59 Å². The van der Waals surface area contributed by atoms with E-state index in [4.69, 9.17) is 14.9 Å². The molecule has 0 fully saturated rings. The maximum atomic E-state index is 11.0. The van der Waals surface area contributed by atoms with Gasteiger partial charge < -0.3 is 20.3 Å². The van der Waals surface area contributed by atoms with E-state index in [1.54, 1.807) is 4.90 Å². The quantitative estimate of drug-likeness (QED) is 0.119. The highest BCUT2D eigenvalue weighted by molar-refractivity contribution is 5.69. The van der Waals surface area contributed by atoms with Gasteiger partial charge in [-0.15, -0.1) is 0 Å².